The van der Waals surface area contributed by atoms with Crippen LogP contribution in [-0.4, -0.2) is 61.5 Å². The Balaban J connectivity index is 0.00000192. The summed E-state index contributed by atoms with van der Waals surface area (Å²) in [6.07, 6.45) is 2.59. The number of benzene rings is 1. The summed E-state index contributed by atoms with van der Waals surface area (Å²) in [6.45, 7) is 9.33. The first kappa shape index (κ1) is 18.2. The van der Waals surface area contributed by atoms with E-state index >= 15 is 0 Å². The Labute approximate surface area is 145 Å². The molecular formula is C18H28ClN3O. The second-order valence-electron chi connectivity index (χ2n) is 6.65. The van der Waals surface area contributed by atoms with Gasteiger partial charge in [0.15, 0.2) is 0 Å². The molecule has 0 aliphatic carbocycles. The number of aryl methyl sites for hydroxylation is 1. The van der Waals surface area contributed by atoms with Crippen LogP contribution in [0.2, 0.25) is 0 Å². The molecule has 2 aliphatic heterocycles. The molecule has 3 rings (SSSR count). The fourth-order valence-electron chi connectivity index (χ4n) is 3.44. The van der Waals surface area contributed by atoms with E-state index in [1.165, 1.54) is 24.9 Å². The van der Waals surface area contributed by atoms with Gasteiger partial charge in [-0.05, 0) is 50.9 Å². The molecule has 0 unspecified atom stereocenters. The summed E-state index contributed by atoms with van der Waals surface area (Å²) in [5.41, 5.74) is 2.01. The summed E-state index contributed by atoms with van der Waals surface area (Å²) in [4.78, 5) is 17.0. The minimum Gasteiger partial charge on any atom is -0.336 e. The van der Waals surface area contributed by atoms with Crippen molar-refractivity contribution in [3.05, 3.63) is 35.4 Å². The van der Waals surface area contributed by atoms with Crippen LogP contribution in [0.1, 0.15) is 28.8 Å². The van der Waals surface area contributed by atoms with Crippen LogP contribution < -0.4 is 5.32 Å². The maximum absolute atomic E-state index is 12.5. The van der Waals surface area contributed by atoms with Gasteiger partial charge in [-0.15, -0.1) is 12.4 Å². The average molecular weight is 338 g/mol. The lowest BCUT2D eigenvalue weighted by atomic mass is 9.97. The Morgan fingerprint density at radius 2 is 1.70 bits per heavy atom. The molecule has 0 bridgehead atoms. The number of nitrogens with one attached hydrogen (secondary N) is 1. The van der Waals surface area contributed by atoms with E-state index < -0.39 is 0 Å². The second kappa shape index (κ2) is 8.67. The third kappa shape index (κ3) is 4.93. The largest absolute Gasteiger partial charge is 0.336 e. The van der Waals surface area contributed by atoms with Crippen molar-refractivity contribution in [2.45, 2.75) is 19.8 Å². The van der Waals surface area contributed by atoms with Gasteiger partial charge in [-0.3, -0.25) is 9.69 Å². The van der Waals surface area contributed by atoms with Crippen LogP contribution in [0, 0.1) is 12.8 Å². The van der Waals surface area contributed by atoms with Crippen molar-refractivity contribution in [1.82, 2.24) is 15.1 Å². The molecule has 4 nitrogen and oxygen atoms in total. The van der Waals surface area contributed by atoms with E-state index in [9.17, 15) is 4.79 Å². The monoisotopic (exact) mass is 337 g/mol. The van der Waals surface area contributed by atoms with Crippen LogP contribution in [0.25, 0.3) is 0 Å². The average Bonchev–Trinajstić information content (AvgIpc) is 2.57. The van der Waals surface area contributed by atoms with E-state index in [1.807, 2.05) is 36.1 Å². The zero-order chi connectivity index (χ0) is 15.4. The van der Waals surface area contributed by atoms with Crippen molar-refractivity contribution in [2.75, 3.05) is 45.8 Å². The Kier molecular flexibility index (Phi) is 6.88. The number of amides is 1. The first-order chi connectivity index (χ1) is 10.7. The molecule has 2 aliphatic rings. The lowest BCUT2D eigenvalue weighted by Gasteiger charge is -2.37. The third-order valence-electron chi connectivity index (χ3n) is 4.93. The summed E-state index contributed by atoms with van der Waals surface area (Å²) in [6, 6.07) is 7.92. The van der Waals surface area contributed by atoms with Crippen molar-refractivity contribution in [3.63, 3.8) is 0 Å². The van der Waals surface area contributed by atoms with Gasteiger partial charge in [0.25, 0.3) is 5.91 Å². The zero-order valence-electron chi connectivity index (χ0n) is 14.0. The Hall–Kier alpha value is -1.10. The number of hydrogen-bond donors (Lipinski definition) is 1. The van der Waals surface area contributed by atoms with Gasteiger partial charge >= 0.3 is 0 Å². The SMILES string of the molecule is Cc1ccc(C(=O)N2CCN(CC3CCNCC3)CC2)cc1.Cl. The molecule has 5 heteroatoms. The highest BCUT2D eigenvalue weighted by Crippen LogP contribution is 2.16. The highest BCUT2D eigenvalue weighted by molar-refractivity contribution is 5.94. The molecule has 0 aromatic heterocycles. The number of nitrogens with zero attached hydrogens (tertiary/aromatic N) is 2. The van der Waals surface area contributed by atoms with Crippen molar-refractivity contribution in [3.8, 4) is 0 Å². The highest BCUT2D eigenvalue weighted by atomic mass is 35.5. The Morgan fingerprint density at radius 1 is 1.09 bits per heavy atom. The van der Waals surface area contributed by atoms with E-state index in [-0.39, 0.29) is 18.3 Å². The van der Waals surface area contributed by atoms with Gasteiger partial charge in [-0.25, -0.2) is 0 Å². The molecule has 1 aromatic carbocycles. The molecule has 0 spiro atoms. The molecule has 1 aromatic rings. The molecule has 23 heavy (non-hydrogen) atoms. The van der Waals surface area contributed by atoms with E-state index in [4.69, 9.17) is 0 Å². The van der Waals surface area contributed by atoms with Crippen LogP contribution >= 0.6 is 12.4 Å². The third-order valence-corrected chi connectivity index (χ3v) is 4.93. The molecule has 0 radical (unpaired) electrons. The van der Waals surface area contributed by atoms with Gasteiger partial charge in [0.1, 0.15) is 0 Å². The van der Waals surface area contributed by atoms with Crippen molar-refractivity contribution in [1.29, 1.82) is 0 Å². The lowest BCUT2D eigenvalue weighted by Crippen LogP contribution is -2.50. The van der Waals surface area contributed by atoms with Crippen molar-refractivity contribution >= 4 is 18.3 Å². The summed E-state index contributed by atoms with van der Waals surface area (Å²) in [7, 11) is 0. The van der Waals surface area contributed by atoms with Crippen LogP contribution in [0.3, 0.4) is 0 Å². The minimum absolute atomic E-state index is 0. The van der Waals surface area contributed by atoms with E-state index in [0.717, 1.165) is 50.7 Å². The predicted octanol–water partition coefficient (Wildman–Crippen LogP) is 2.17. The van der Waals surface area contributed by atoms with Gasteiger partial charge in [0.2, 0.25) is 0 Å². The Morgan fingerprint density at radius 3 is 2.30 bits per heavy atom. The number of carbonyl (C=O) groups excluding carboxylic acids is 1. The number of piperidine rings is 1. The van der Waals surface area contributed by atoms with Gasteiger partial charge in [-0.2, -0.15) is 0 Å². The number of carbonyl (C=O) groups is 1. The summed E-state index contributed by atoms with van der Waals surface area (Å²) < 4.78 is 0. The van der Waals surface area contributed by atoms with Crippen molar-refractivity contribution in [2.24, 2.45) is 5.92 Å². The quantitative estimate of drug-likeness (QED) is 0.918. The molecule has 2 heterocycles. The van der Waals surface area contributed by atoms with Gasteiger partial charge < -0.3 is 10.2 Å². The Bertz CT molecular complexity index is 491. The molecular weight excluding hydrogens is 310 g/mol. The van der Waals surface area contributed by atoms with Crippen LogP contribution in [-0.2, 0) is 0 Å². The summed E-state index contributed by atoms with van der Waals surface area (Å²) >= 11 is 0. The van der Waals surface area contributed by atoms with E-state index in [1.54, 1.807) is 0 Å². The second-order valence-corrected chi connectivity index (χ2v) is 6.65. The maximum atomic E-state index is 12.5. The van der Waals surface area contributed by atoms with Crippen LogP contribution in [0.15, 0.2) is 24.3 Å². The first-order valence-electron chi connectivity index (χ1n) is 8.51. The highest BCUT2D eigenvalue weighted by Gasteiger charge is 2.24. The van der Waals surface area contributed by atoms with Gasteiger partial charge in [-0.1, -0.05) is 17.7 Å². The van der Waals surface area contributed by atoms with E-state index in [2.05, 4.69) is 10.2 Å². The minimum atomic E-state index is 0. The molecule has 0 saturated carbocycles. The molecule has 128 valence electrons. The lowest BCUT2D eigenvalue weighted by molar-refractivity contribution is 0.0608. The first-order valence-corrected chi connectivity index (χ1v) is 8.51. The molecule has 1 amide bonds. The van der Waals surface area contributed by atoms with Gasteiger partial charge in [0, 0.05) is 38.3 Å². The predicted molar refractivity (Wildman–Crippen MR) is 96.4 cm³/mol. The fourth-order valence-corrected chi connectivity index (χ4v) is 3.44. The van der Waals surface area contributed by atoms with Crippen molar-refractivity contribution < 1.29 is 4.79 Å². The maximum Gasteiger partial charge on any atom is 0.253 e. The van der Waals surface area contributed by atoms with Crippen LogP contribution in [0.4, 0.5) is 0 Å². The zero-order valence-corrected chi connectivity index (χ0v) is 14.8. The van der Waals surface area contributed by atoms with E-state index in [0.29, 0.717) is 0 Å². The number of hydrogen-bond acceptors (Lipinski definition) is 3. The van der Waals surface area contributed by atoms with Crippen LogP contribution in [0.5, 0.6) is 0 Å². The summed E-state index contributed by atoms with van der Waals surface area (Å²) in [5.74, 6) is 1.02. The molecule has 2 fully saturated rings. The number of halogens is 1. The molecule has 2 saturated heterocycles. The fraction of sp³-hybridized carbons (Fsp3) is 0.611. The number of rotatable bonds is 3. The summed E-state index contributed by atoms with van der Waals surface area (Å²) in [5, 5.41) is 3.42. The normalized spacial score (nSPS) is 20.1. The standard InChI is InChI=1S/C18H27N3O.ClH/c1-15-2-4-17(5-3-15)18(22)21-12-10-20(11-13-21)14-16-6-8-19-9-7-16;/h2-5,16,19H,6-14H2,1H3;1H. The molecule has 1 N–H and O–H groups in total. The number of piperazine rings is 1. The molecule has 0 atom stereocenters. The topological polar surface area (TPSA) is 35.6 Å². The smallest absolute Gasteiger partial charge is 0.253 e. The van der Waals surface area contributed by atoms with Gasteiger partial charge in [0.05, 0.1) is 0 Å².